The summed E-state index contributed by atoms with van der Waals surface area (Å²) in [7, 11) is 0. The van der Waals surface area contributed by atoms with Crippen molar-refractivity contribution in [2.45, 2.75) is 25.9 Å². The predicted molar refractivity (Wildman–Crippen MR) is 73.4 cm³/mol. The van der Waals surface area contributed by atoms with Crippen LogP contribution in [0.5, 0.6) is 0 Å². The highest BCUT2D eigenvalue weighted by molar-refractivity contribution is 5.91. The first kappa shape index (κ1) is 15.4. The van der Waals surface area contributed by atoms with Gasteiger partial charge in [-0.1, -0.05) is 6.07 Å². The highest BCUT2D eigenvalue weighted by atomic mass is 19.1. The van der Waals surface area contributed by atoms with Crippen LogP contribution in [0.3, 0.4) is 0 Å². The zero-order chi connectivity index (χ0) is 15.2. The topological polar surface area (TPSA) is 64.6 Å². The second-order valence-corrected chi connectivity index (χ2v) is 4.98. The Morgan fingerprint density at radius 1 is 1.48 bits per heavy atom. The molecule has 0 saturated carbocycles. The molecule has 1 saturated heterocycles. The number of nitrogens with one attached hydrogen (secondary N) is 1. The number of hydrogen-bond donors (Lipinski definition) is 1. The predicted octanol–water partition coefficient (Wildman–Crippen LogP) is 1.59. The number of hydrogen-bond acceptors (Lipinski definition) is 4. The molecule has 0 aromatic heterocycles. The van der Waals surface area contributed by atoms with Crippen molar-refractivity contribution in [3.63, 3.8) is 0 Å². The number of carbonyl (C=O) groups is 2. The summed E-state index contributed by atoms with van der Waals surface area (Å²) in [5.41, 5.74) is 0.533. The third-order valence-corrected chi connectivity index (χ3v) is 3.29. The Balaban J connectivity index is 1.74. The minimum Gasteiger partial charge on any atom is -0.452 e. The van der Waals surface area contributed by atoms with Crippen molar-refractivity contribution >= 4 is 11.9 Å². The molecule has 1 aliphatic rings. The Bertz CT molecular complexity index is 526. The summed E-state index contributed by atoms with van der Waals surface area (Å²) in [6, 6.07) is 4.05. The van der Waals surface area contributed by atoms with E-state index in [9.17, 15) is 14.0 Å². The van der Waals surface area contributed by atoms with Crippen LogP contribution in [0.25, 0.3) is 0 Å². The molecule has 1 aromatic carbocycles. The summed E-state index contributed by atoms with van der Waals surface area (Å²) < 4.78 is 23.5. The molecule has 6 heteroatoms. The van der Waals surface area contributed by atoms with Crippen LogP contribution in [0.2, 0.25) is 0 Å². The van der Waals surface area contributed by atoms with Gasteiger partial charge in [0.1, 0.15) is 5.82 Å². The zero-order valence-electron chi connectivity index (χ0n) is 11.9. The van der Waals surface area contributed by atoms with Crippen molar-refractivity contribution in [1.82, 2.24) is 5.32 Å². The third-order valence-electron chi connectivity index (χ3n) is 3.29. The van der Waals surface area contributed by atoms with Crippen molar-refractivity contribution in [2.24, 2.45) is 0 Å². The van der Waals surface area contributed by atoms with Crippen molar-refractivity contribution in [1.29, 1.82) is 0 Å². The van der Waals surface area contributed by atoms with Crippen LogP contribution in [-0.4, -0.2) is 37.7 Å². The fourth-order valence-electron chi connectivity index (χ4n) is 2.02. The molecule has 1 aromatic rings. The normalized spacial score (nSPS) is 17.5. The minimum atomic E-state index is -0.721. The molecular formula is C15H18FNO4. The van der Waals surface area contributed by atoms with Crippen LogP contribution in [0.15, 0.2) is 18.2 Å². The highest BCUT2D eigenvalue weighted by Gasteiger charge is 2.17. The van der Waals surface area contributed by atoms with Gasteiger partial charge >= 0.3 is 5.97 Å². The third kappa shape index (κ3) is 4.53. The molecule has 2 rings (SSSR count). The fourth-order valence-corrected chi connectivity index (χ4v) is 2.02. The maximum Gasteiger partial charge on any atom is 0.338 e. The number of benzene rings is 1. The maximum atomic E-state index is 13.3. The Morgan fingerprint density at radius 3 is 2.95 bits per heavy atom. The molecule has 1 fully saturated rings. The molecule has 0 unspecified atom stereocenters. The van der Waals surface area contributed by atoms with Gasteiger partial charge in [-0.25, -0.2) is 9.18 Å². The van der Waals surface area contributed by atoms with E-state index in [1.807, 2.05) is 0 Å². The standard InChI is InChI=1S/C15H18FNO4/c1-10-4-5-11(7-13(10)16)15(19)21-9-14(18)17-8-12-3-2-6-20-12/h4-5,7,12H,2-3,6,8-9H2,1H3,(H,17,18)/t12-/m1/s1. The number of esters is 1. The number of ether oxygens (including phenoxy) is 2. The maximum absolute atomic E-state index is 13.3. The smallest absolute Gasteiger partial charge is 0.338 e. The lowest BCUT2D eigenvalue weighted by molar-refractivity contribution is -0.124. The Labute approximate surface area is 122 Å². The minimum absolute atomic E-state index is 0.0378. The van der Waals surface area contributed by atoms with Crippen LogP contribution < -0.4 is 5.32 Å². The molecule has 1 heterocycles. The highest BCUT2D eigenvalue weighted by Crippen LogP contribution is 2.11. The van der Waals surface area contributed by atoms with Crippen molar-refractivity contribution in [3.8, 4) is 0 Å². The molecule has 1 atom stereocenters. The van der Waals surface area contributed by atoms with Crippen molar-refractivity contribution in [3.05, 3.63) is 35.1 Å². The second-order valence-electron chi connectivity index (χ2n) is 4.98. The molecule has 1 amide bonds. The quantitative estimate of drug-likeness (QED) is 0.838. The molecule has 114 valence electrons. The lowest BCUT2D eigenvalue weighted by Gasteiger charge is -2.11. The summed E-state index contributed by atoms with van der Waals surface area (Å²) in [6.45, 7) is 2.34. The molecule has 0 radical (unpaired) electrons. The van der Waals surface area contributed by atoms with Gasteiger partial charge in [-0.2, -0.15) is 0 Å². The van der Waals surface area contributed by atoms with E-state index in [1.165, 1.54) is 12.1 Å². The average Bonchev–Trinajstić information content (AvgIpc) is 2.98. The average molecular weight is 295 g/mol. The van der Waals surface area contributed by atoms with E-state index >= 15 is 0 Å². The molecule has 1 N–H and O–H groups in total. The SMILES string of the molecule is Cc1ccc(C(=O)OCC(=O)NC[C@H]2CCCO2)cc1F. The van der Waals surface area contributed by atoms with Gasteiger partial charge in [-0.3, -0.25) is 4.79 Å². The van der Waals surface area contributed by atoms with Gasteiger partial charge in [0, 0.05) is 13.2 Å². The van der Waals surface area contributed by atoms with Gasteiger partial charge in [-0.05, 0) is 37.5 Å². The number of amides is 1. The summed E-state index contributed by atoms with van der Waals surface area (Å²) in [4.78, 5) is 23.2. The van der Waals surface area contributed by atoms with E-state index < -0.39 is 17.7 Å². The van der Waals surface area contributed by atoms with Gasteiger partial charge in [0.25, 0.3) is 5.91 Å². The number of rotatable bonds is 5. The molecule has 5 nitrogen and oxygen atoms in total. The zero-order valence-corrected chi connectivity index (χ0v) is 11.9. The van der Waals surface area contributed by atoms with E-state index in [1.54, 1.807) is 6.92 Å². The monoisotopic (exact) mass is 295 g/mol. The van der Waals surface area contributed by atoms with Crippen LogP contribution in [-0.2, 0) is 14.3 Å². The van der Waals surface area contributed by atoms with E-state index in [0.717, 1.165) is 18.9 Å². The lowest BCUT2D eigenvalue weighted by Crippen LogP contribution is -2.34. The number of halogens is 1. The molecule has 0 bridgehead atoms. The Hall–Kier alpha value is -1.95. The summed E-state index contributed by atoms with van der Waals surface area (Å²) in [5.74, 6) is -1.60. The van der Waals surface area contributed by atoms with Gasteiger partial charge in [-0.15, -0.1) is 0 Å². The van der Waals surface area contributed by atoms with Crippen LogP contribution >= 0.6 is 0 Å². The Morgan fingerprint density at radius 2 is 2.29 bits per heavy atom. The first-order chi connectivity index (χ1) is 10.1. The van der Waals surface area contributed by atoms with E-state index in [4.69, 9.17) is 9.47 Å². The lowest BCUT2D eigenvalue weighted by atomic mass is 10.1. The summed E-state index contributed by atoms with van der Waals surface area (Å²) >= 11 is 0. The second kappa shape index (κ2) is 7.17. The number of aryl methyl sites for hydroxylation is 1. The number of carbonyl (C=O) groups excluding carboxylic acids is 2. The summed E-state index contributed by atoms with van der Waals surface area (Å²) in [6.07, 6.45) is 1.95. The molecule has 1 aliphatic heterocycles. The fraction of sp³-hybridized carbons (Fsp3) is 0.467. The molecular weight excluding hydrogens is 277 g/mol. The largest absolute Gasteiger partial charge is 0.452 e. The Kier molecular flexibility index (Phi) is 5.27. The van der Waals surface area contributed by atoms with E-state index in [0.29, 0.717) is 18.7 Å². The molecule has 21 heavy (non-hydrogen) atoms. The van der Waals surface area contributed by atoms with Crippen molar-refractivity contribution in [2.75, 3.05) is 19.8 Å². The molecule has 0 spiro atoms. The van der Waals surface area contributed by atoms with Gasteiger partial charge in [0.05, 0.1) is 11.7 Å². The van der Waals surface area contributed by atoms with Crippen LogP contribution in [0, 0.1) is 12.7 Å². The van der Waals surface area contributed by atoms with Crippen molar-refractivity contribution < 1.29 is 23.5 Å². The first-order valence-corrected chi connectivity index (χ1v) is 6.88. The van der Waals surface area contributed by atoms with Crippen LogP contribution in [0.1, 0.15) is 28.8 Å². The first-order valence-electron chi connectivity index (χ1n) is 6.88. The van der Waals surface area contributed by atoms with Gasteiger partial charge in [0.15, 0.2) is 6.61 Å². The van der Waals surface area contributed by atoms with E-state index in [-0.39, 0.29) is 18.3 Å². The summed E-state index contributed by atoms with van der Waals surface area (Å²) in [5, 5.41) is 2.64. The van der Waals surface area contributed by atoms with Gasteiger partial charge in [0.2, 0.25) is 0 Å². The van der Waals surface area contributed by atoms with Crippen LogP contribution in [0.4, 0.5) is 4.39 Å². The molecule has 0 aliphatic carbocycles. The van der Waals surface area contributed by atoms with Gasteiger partial charge < -0.3 is 14.8 Å². The van der Waals surface area contributed by atoms with E-state index in [2.05, 4.69) is 5.32 Å².